The Hall–Kier alpha value is -1.53. The highest BCUT2D eigenvalue weighted by atomic mass is 32.2. The van der Waals surface area contributed by atoms with Crippen LogP contribution in [0.25, 0.3) is 0 Å². The zero-order valence-electron chi connectivity index (χ0n) is 13.1. The van der Waals surface area contributed by atoms with Gasteiger partial charge < -0.3 is 16.4 Å². The number of benzene rings is 1. The van der Waals surface area contributed by atoms with Gasteiger partial charge in [-0.3, -0.25) is 9.59 Å². The van der Waals surface area contributed by atoms with Gasteiger partial charge in [0.2, 0.25) is 11.8 Å². The molecule has 1 atom stereocenters. The van der Waals surface area contributed by atoms with Crippen molar-refractivity contribution in [3.05, 3.63) is 24.3 Å². The van der Waals surface area contributed by atoms with E-state index in [2.05, 4.69) is 10.6 Å². The first kappa shape index (κ1) is 16.3. The minimum absolute atomic E-state index is 0.134. The molecule has 1 aromatic rings. The van der Waals surface area contributed by atoms with Crippen molar-refractivity contribution in [3.8, 4) is 0 Å². The molecule has 1 aliphatic heterocycles. The van der Waals surface area contributed by atoms with Crippen molar-refractivity contribution in [2.45, 2.75) is 30.6 Å². The first-order valence-corrected chi connectivity index (χ1v) is 9.11. The van der Waals surface area contributed by atoms with Gasteiger partial charge in [-0.1, -0.05) is 12.1 Å². The van der Waals surface area contributed by atoms with Crippen molar-refractivity contribution in [2.24, 2.45) is 17.1 Å². The Kier molecular flexibility index (Phi) is 4.92. The number of para-hydroxylation sites is 1. The molecular formula is C17H23N3O2S. The van der Waals surface area contributed by atoms with E-state index in [1.807, 2.05) is 24.3 Å². The molecule has 3 rings (SSSR count). The third kappa shape index (κ3) is 3.87. The summed E-state index contributed by atoms with van der Waals surface area (Å²) in [5, 5.41) is 6.44. The smallest absolute Gasteiger partial charge is 0.228 e. The maximum Gasteiger partial charge on any atom is 0.228 e. The molecule has 0 aromatic heterocycles. The fourth-order valence-electron chi connectivity index (χ4n) is 3.37. The van der Waals surface area contributed by atoms with Crippen molar-refractivity contribution < 1.29 is 9.59 Å². The third-order valence-electron chi connectivity index (χ3n) is 4.86. The number of carbonyl (C=O) groups excluding carboxylic acids is 2. The van der Waals surface area contributed by atoms with E-state index in [1.165, 1.54) is 0 Å². The molecule has 1 heterocycles. The number of anilines is 1. The summed E-state index contributed by atoms with van der Waals surface area (Å²) in [5.41, 5.74) is 6.25. The van der Waals surface area contributed by atoms with Crippen LogP contribution in [0.3, 0.4) is 0 Å². The van der Waals surface area contributed by atoms with Crippen LogP contribution >= 0.6 is 11.8 Å². The number of primary amides is 1. The summed E-state index contributed by atoms with van der Waals surface area (Å²) in [5.74, 6) is 0.606. The largest absolute Gasteiger partial charge is 0.370 e. The van der Waals surface area contributed by atoms with Gasteiger partial charge in [0.15, 0.2) is 0 Å². The Morgan fingerprint density at radius 3 is 2.78 bits per heavy atom. The lowest BCUT2D eigenvalue weighted by Gasteiger charge is -2.23. The number of nitrogens with one attached hydrogen (secondary N) is 2. The minimum Gasteiger partial charge on any atom is -0.370 e. The molecule has 4 N–H and O–H groups in total. The molecule has 1 saturated carbocycles. The summed E-state index contributed by atoms with van der Waals surface area (Å²) in [6, 6.07) is 7.74. The van der Waals surface area contributed by atoms with Crippen LogP contribution in [0.4, 0.5) is 5.69 Å². The fraction of sp³-hybridized carbons (Fsp3) is 0.529. The topological polar surface area (TPSA) is 84.2 Å². The van der Waals surface area contributed by atoms with Gasteiger partial charge in [0.05, 0.1) is 5.69 Å². The molecule has 1 saturated heterocycles. The quantitative estimate of drug-likeness (QED) is 0.695. The summed E-state index contributed by atoms with van der Waals surface area (Å²) < 4.78 is 0. The van der Waals surface area contributed by atoms with E-state index >= 15 is 0 Å². The molecule has 23 heavy (non-hydrogen) atoms. The van der Waals surface area contributed by atoms with Crippen molar-refractivity contribution >= 4 is 29.3 Å². The molecule has 1 aromatic carbocycles. The highest BCUT2D eigenvalue weighted by Crippen LogP contribution is 2.58. The third-order valence-corrected chi connectivity index (χ3v) is 5.93. The van der Waals surface area contributed by atoms with Crippen LogP contribution < -0.4 is 16.4 Å². The molecule has 124 valence electrons. The second-order valence-corrected chi connectivity index (χ2v) is 7.56. The molecule has 1 unspecified atom stereocenters. The Bertz CT molecular complexity index is 599. The average molecular weight is 333 g/mol. The normalized spacial score (nSPS) is 21.8. The molecule has 2 fully saturated rings. The average Bonchev–Trinajstić information content (AvgIpc) is 3.22. The van der Waals surface area contributed by atoms with E-state index in [1.54, 1.807) is 11.8 Å². The van der Waals surface area contributed by atoms with Gasteiger partial charge in [-0.15, -0.1) is 11.8 Å². The molecule has 1 spiro atoms. The molecule has 6 heteroatoms. The van der Waals surface area contributed by atoms with E-state index in [0.717, 1.165) is 42.9 Å². The highest BCUT2D eigenvalue weighted by Gasteiger charge is 2.57. The summed E-state index contributed by atoms with van der Waals surface area (Å²) >= 11 is 1.55. The molecule has 0 bridgehead atoms. The van der Waals surface area contributed by atoms with Crippen LogP contribution in [0.5, 0.6) is 0 Å². The maximum absolute atomic E-state index is 12.6. The van der Waals surface area contributed by atoms with Crippen LogP contribution in [0.1, 0.15) is 25.7 Å². The summed E-state index contributed by atoms with van der Waals surface area (Å²) in [6.07, 6.45) is 3.55. The Morgan fingerprint density at radius 1 is 1.30 bits per heavy atom. The van der Waals surface area contributed by atoms with Crippen molar-refractivity contribution in [1.82, 2.24) is 5.32 Å². The lowest BCUT2D eigenvalue weighted by atomic mass is 9.92. The van der Waals surface area contributed by atoms with E-state index in [0.29, 0.717) is 12.2 Å². The van der Waals surface area contributed by atoms with Crippen LogP contribution in [0.2, 0.25) is 0 Å². The Labute approximate surface area is 140 Å². The standard InChI is InChI=1S/C17H23N3O2S/c18-15(21)5-10-23-14-4-2-1-3-13(14)20-16(22)12-11-17(12)6-8-19-9-7-17/h1-4,12,19H,5-11H2,(H2,18,21)(H,20,22). The Morgan fingerprint density at radius 2 is 2.04 bits per heavy atom. The zero-order chi connectivity index (χ0) is 16.3. The fourth-order valence-corrected chi connectivity index (χ4v) is 4.35. The number of hydrogen-bond acceptors (Lipinski definition) is 4. The van der Waals surface area contributed by atoms with Crippen molar-refractivity contribution in [1.29, 1.82) is 0 Å². The number of thioether (sulfide) groups is 1. The summed E-state index contributed by atoms with van der Waals surface area (Å²) in [4.78, 5) is 24.4. The van der Waals surface area contributed by atoms with Gasteiger partial charge in [0, 0.05) is 23.0 Å². The van der Waals surface area contributed by atoms with E-state index in [9.17, 15) is 9.59 Å². The lowest BCUT2D eigenvalue weighted by Crippen LogP contribution is -2.31. The SMILES string of the molecule is NC(=O)CCSc1ccccc1NC(=O)C1CC12CCNCC2. The van der Waals surface area contributed by atoms with E-state index in [4.69, 9.17) is 5.73 Å². The Balaban J connectivity index is 1.59. The minimum atomic E-state index is -0.301. The van der Waals surface area contributed by atoms with Crippen LogP contribution in [-0.4, -0.2) is 30.7 Å². The second-order valence-electron chi connectivity index (χ2n) is 6.42. The second kappa shape index (κ2) is 6.93. The van der Waals surface area contributed by atoms with Gasteiger partial charge in [-0.2, -0.15) is 0 Å². The monoisotopic (exact) mass is 333 g/mol. The van der Waals surface area contributed by atoms with Gasteiger partial charge in [-0.05, 0) is 49.9 Å². The number of carbonyl (C=O) groups is 2. The molecule has 1 aliphatic carbocycles. The van der Waals surface area contributed by atoms with Gasteiger partial charge in [0.25, 0.3) is 0 Å². The van der Waals surface area contributed by atoms with Crippen molar-refractivity contribution in [3.63, 3.8) is 0 Å². The van der Waals surface area contributed by atoms with Crippen molar-refractivity contribution in [2.75, 3.05) is 24.2 Å². The maximum atomic E-state index is 12.6. The number of piperidine rings is 1. The highest BCUT2D eigenvalue weighted by molar-refractivity contribution is 7.99. The molecule has 2 aliphatic rings. The first-order chi connectivity index (χ1) is 11.1. The van der Waals surface area contributed by atoms with Gasteiger partial charge in [0.1, 0.15) is 0 Å². The first-order valence-electron chi connectivity index (χ1n) is 8.12. The van der Waals surface area contributed by atoms with Gasteiger partial charge in [-0.25, -0.2) is 0 Å². The molecule has 5 nitrogen and oxygen atoms in total. The number of hydrogen-bond donors (Lipinski definition) is 3. The van der Waals surface area contributed by atoms with E-state index < -0.39 is 0 Å². The van der Waals surface area contributed by atoms with Gasteiger partial charge >= 0.3 is 0 Å². The molecular weight excluding hydrogens is 310 g/mol. The number of amides is 2. The number of nitrogens with two attached hydrogens (primary N) is 1. The predicted octanol–water partition coefficient (Wildman–Crippen LogP) is 1.98. The zero-order valence-corrected chi connectivity index (χ0v) is 14.0. The van der Waals surface area contributed by atoms with Crippen LogP contribution in [0.15, 0.2) is 29.2 Å². The van der Waals surface area contributed by atoms with Crippen LogP contribution in [0, 0.1) is 11.3 Å². The predicted molar refractivity (Wildman–Crippen MR) is 92.3 cm³/mol. The molecule has 2 amide bonds. The van der Waals surface area contributed by atoms with E-state index in [-0.39, 0.29) is 23.1 Å². The number of rotatable bonds is 6. The van der Waals surface area contributed by atoms with Crippen LogP contribution in [-0.2, 0) is 9.59 Å². The lowest BCUT2D eigenvalue weighted by molar-refractivity contribution is -0.118. The summed E-state index contributed by atoms with van der Waals surface area (Å²) in [6.45, 7) is 2.03. The summed E-state index contributed by atoms with van der Waals surface area (Å²) in [7, 11) is 0. The molecule has 0 radical (unpaired) electrons.